The molecule has 2 rings (SSSR count). The van der Waals surface area contributed by atoms with Crippen LogP contribution in [0, 0.1) is 0 Å². The third-order valence-corrected chi connectivity index (χ3v) is 3.84. The maximum atomic E-state index is 11.9. The molecule has 1 atom stereocenters. The Morgan fingerprint density at radius 3 is 2.77 bits per heavy atom. The fourth-order valence-corrected chi connectivity index (χ4v) is 2.70. The number of carbonyl (C=O) groups is 2. The Balaban J connectivity index is 1.77. The van der Waals surface area contributed by atoms with Gasteiger partial charge in [0.05, 0.1) is 11.9 Å². The van der Waals surface area contributed by atoms with Gasteiger partial charge in [0, 0.05) is 18.8 Å². The van der Waals surface area contributed by atoms with Crippen LogP contribution in [0.1, 0.15) is 26.2 Å². The minimum absolute atomic E-state index is 0.00380. The molecule has 0 saturated carbocycles. The second-order valence-electron chi connectivity index (χ2n) is 5.53. The summed E-state index contributed by atoms with van der Waals surface area (Å²) < 4.78 is 1.39. The van der Waals surface area contributed by atoms with Crippen LogP contribution in [0.15, 0.2) is 12.4 Å². The zero-order chi connectivity index (χ0) is 15.9. The number of amides is 3. The molecule has 3 amide bonds. The first kappa shape index (κ1) is 16.3. The molecule has 4 N–H and O–H groups in total. The van der Waals surface area contributed by atoms with Gasteiger partial charge in [-0.2, -0.15) is 5.10 Å². The first-order valence-corrected chi connectivity index (χ1v) is 7.68. The van der Waals surface area contributed by atoms with Crippen LogP contribution in [-0.2, 0) is 11.3 Å². The van der Waals surface area contributed by atoms with E-state index in [0.29, 0.717) is 18.3 Å². The lowest BCUT2D eigenvalue weighted by atomic mass is 10.2. The normalized spacial score (nSPS) is 16.4. The van der Waals surface area contributed by atoms with Gasteiger partial charge in [-0.05, 0) is 32.4 Å². The number of rotatable bonds is 7. The van der Waals surface area contributed by atoms with Gasteiger partial charge in [0.2, 0.25) is 5.91 Å². The molecule has 22 heavy (non-hydrogen) atoms. The van der Waals surface area contributed by atoms with E-state index in [4.69, 9.17) is 5.73 Å². The highest BCUT2D eigenvalue weighted by Crippen LogP contribution is 2.13. The van der Waals surface area contributed by atoms with E-state index >= 15 is 0 Å². The second-order valence-corrected chi connectivity index (χ2v) is 5.53. The lowest BCUT2D eigenvalue weighted by molar-refractivity contribution is -0.118. The van der Waals surface area contributed by atoms with E-state index in [1.54, 1.807) is 6.20 Å². The molecule has 1 unspecified atom stereocenters. The number of primary amides is 1. The number of aromatic nitrogens is 2. The first-order valence-electron chi connectivity index (χ1n) is 7.68. The van der Waals surface area contributed by atoms with E-state index < -0.39 is 5.91 Å². The Labute approximate surface area is 130 Å². The van der Waals surface area contributed by atoms with Crippen molar-refractivity contribution in [2.75, 3.05) is 25.0 Å². The van der Waals surface area contributed by atoms with Gasteiger partial charge >= 0.3 is 6.03 Å². The molecule has 1 saturated heterocycles. The molecule has 1 fully saturated rings. The predicted molar refractivity (Wildman–Crippen MR) is 83.3 cm³/mol. The molecular formula is C14H24N6O2. The topological polar surface area (TPSA) is 105 Å². The summed E-state index contributed by atoms with van der Waals surface area (Å²) in [5.74, 6) is -0.476. The monoisotopic (exact) mass is 308 g/mol. The van der Waals surface area contributed by atoms with E-state index in [1.165, 1.54) is 23.7 Å². The molecule has 1 aromatic heterocycles. The van der Waals surface area contributed by atoms with E-state index in [1.807, 2.05) is 0 Å². The van der Waals surface area contributed by atoms with Gasteiger partial charge in [-0.25, -0.2) is 4.79 Å². The van der Waals surface area contributed by atoms with E-state index in [9.17, 15) is 9.59 Å². The highest BCUT2D eigenvalue weighted by Gasteiger charge is 2.20. The summed E-state index contributed by atoms with van der Waals surface area (Å²) >= 11 is 0. The van der Waals surface area contributed by atoms with Crippen LogP contribution in [0.4, 0.5) is 10.5 Å². The molecule has 0 spiro atoms. The Morgan fingerprint density at radius 1 is 1.41 bits per heavy atom. The van der Waals surface area contributed by atoms with E-state index in [2.05, 4.69) is 27.6 Å². The minimum Gasteiger partial charge on any atom is -0.368 e. The third-order valence-electron chi connectivity index (χ3n) is 3.84. The molecule has 1 aliphatic rings. The summed E-state index contributed by atoms with van der Waals surface area (Å²) in [6, 6.07) is 0.113. The highest BCUT2D eigenvalue weighted by atomic mass is 16.2. The average Bonchev–Trinajstić information content (AvgIpc) is 3.11. The molecule has 8 heteroatoms. The van der Waals surface area contributed by atoms with Crippen molar-refractivity contribution in [2.45, 2.75) is 38.8 Å². The average molecular weight is 308 g/mol. The highest BCUT2D eigenvalue weighted by molar-refractivity contribution is 5.88. The van der Waals surface area contributed by atoms with Gasteiger partial charge in [0.25, 0.3) is 0 Å². The van der Waals surface area contributed by atoms with Crippen molar-refractivity contribution in [1.82, 2.24) is 20.0 Å². The molecule has 1 aromatic rings. The van der Waals surface area contributed by atoms with Gasteiger partial charge < -0.3 is 16.4 Å². The maximum absolute atomic E-state index is 11.9. The standard InChI is InChI=1S/C14H24N6O2/c1-2-12(19-5-3-4-6-19)8-16-14(22)18-11-7-17-20(9-11)10-13(15)21/h7,9,12H,2-6,8,10H2,1H3,(H2,15,21)(H2,16,18,22). The lowest BCUT2D eigenvalue weighted by Gasteiger charge is -2.26. The van der Waals surface area contributed by atoms with Crippen LogP contribution in [0.2, 0.25) is 0 Å². The molecule has 8 nitrogen and oxygen atoms in total. The van der Waals surface area contributed by atoms with Gasteiger partial charge in [-0.15, -0.1) is 0 Å². The lowest BCUT2D eigenvalue weighted by Crippen LogP contribution is -2.43. The van der Waals surface area contributed by atoms with Crippen molar-refractivity contribution in [3.63, 3.8) is 0 Å². The van der Waals surface area contributed by atoms with E-state index in [-0.39, 0.29) is 12.6 Å². The van der Waals surface area contributed by atoms with Gasteiger partial charge in [-0.3, -0.25) is 14.4 Å². The smallest absolute Gasteiger partial charge is 0.319 e. The summed E-state index contributed by atoms with van der Waals surface area (Å²) in [5.41, 5.74) is 5.62. The Hall–Kier alpha value is -2.09. The molecule has 0 aromatic carbocycles. The molecule has 0 radical (unpaired) electrons. The largest absolute Gasteiger partial charge is 0.368 e. The van der Waals surface area contributed by atoms with Crippen molar-refractivity contribution in [2.24, 2.45) is 5.73 Å². The summed E-state index contributed by atoms with van der Waals surface area (Å²) in [6.07, 6.45) is 6.54. The number of likely N-dealkylation sites (tertiary alicyclic amines) is 1. The maximum Gasteiger partial charge on any atom is 0.319 e. The van der Waals surface area contributed by atoms with Crippen LogP contribution >= 0.6 is 0 Å². The number of hydrogen-bond donors (Lipinski definition) is 3. The van der Waals surface area contributed by atoms with Crippen LogP contribution in [0.5, 0.6) is 0 Å². The number of carbonyl (C=O) groups excluding carboxylic acids is 2. The minimum atomic E-state index is -0.476. The van der Waals surface area contributed by atoms with Gasteiger partial charge in [-0.1, -0.05) is 6.92 Å². The van der Waals surface area contributed by atoms with Crippen LogP contribution < -0.4 is 16.4 Å². The van der Waals surface area contributed by atoms with Crippen molar-refractivity contribution < 1.29 is 9.59 Å². The summed E-state index contributed by atoms with van der Waals surface area (Å²) in [5, 5.41) is 9.54. The zero-order valence-corrected chi connectivity index (χ0v) is 12.9. The summed E-state index contributed by atoms with van der Waals surface area (Å²) in [7, 11) is 0. The second kappa shape index (κ2) is 7.79. The SMILES string of the molecule is CCC(CNC(=O)Nc1cnn(CC(N)=O)c1)N1CCCC1. The molecule has 0 bridgehead atoms. The Kier molecular flexibility index (Phi) is 5.76. The van der Waals surface area contributed by atoms with Crippen molar-refractivity contribution in [1.29, 1.82) is 0 Å². The number of nitrogens with zero attached hydrogens (tertiary/aromatic N) is 3. The quantitative estimate of drug-likeness (QED) is 0.676. The predicted octanol–water partition coefficient (Wildman–Crippen LogP) is 0.364. The molecular weight excluding hydrogens is 284 g/mol. The molecule has 1 aliphatic heterocycles. The van der Waals surface area contributed by atoms with Crippen molar-refractivity contribution >= 4 is 17.6 Å². The van der Waals surface area contributed by atoms with Crippen LogP contribution in [-0.4, -0.2) is 52.3 Å². The first-order chi connectivity index (χ1) is 10.6. The fraction of sp³-hybridized carbons (Fsp3) is 0.643. The molecule has 122 valence electrons. The van der Waals surface area contributed by atoms with Crippen LogP contribution in [0.25, 0.3) is 0 Å². The Bertz CT molecular complexity index is 509. The third kappa shape index (κ3) is 4.73. The van der Waals surface area contributed by atoms with Gasteiger partial charge in [0.15, 0.2) is 0 Å². The summed E-state index contributed by atoms with van der Waals surface area (Å²) in [4.78, 5) is 25.1. The number of nitrogens with one attached hydrogen (secondary N) is 2. The summed E-state index contributed by atoms with van der Waals surface area (Å²) in [6.45, 7) is 4.98. The number of urea groups is 1. The van der Waals surface area contributed by atoms with Crippen molar-refractivity contribution in [3.8, 4) is 0 Å². The number of hydrogen-bond acceptors (Lipinski definition) is 4. The zero-order valence-electron chi connectivity index (χ0n) is 12.9. The Morgan fingerprint density at radius 2 is 2.14 bits per heavy atom. The molecule has 2 heterocycles. The van der Waals surface area contributed by atoms with Crippen molar-refractivity contribution in [3.05, 3.63) is 12.4 Å². The van der Waals surface area contributed by atoms with Crippen LogP contribution in [0.3, 0.4) is 0 Å². The molecule has 0 aliphatic carbocycles. The number of nitrogens with two attached hydrogens (primary N) is 1. The number of anilines is 1. The fourth-order valence-electron chi connectivity index (χ4n) is 2.70. The van der Waals surface area contributed by atoms with E-state index in [0.717, 1.165) is 19.5 Å². The van der Waals surface area contributed by atoms with Gasteiger partial charge in [0.1, 0.15) is 6.54 Å².